The van der Waals surface area contributed by atoms with Gasteiger partial charge in [-0.25, -0.2) is 22.9 Å². The Bertz CT molecular complexity index is 1080. The predicted octanol–water partition coefficient (Wildman–Crippen LogP) is 3.07. The van der Waals surface area contributed by atoms with Gasteiger partial charge in [-0.3, -0.25) is 4.98 Å². The lowest BCUT2D eigenvalue weighted by atomic mass is 10.1. The van der Waals surface area contributed by atoms with Crippen molar-refractivity contribution >= 4 is 26.9 Å². The molecule has 0 bridgehead atoms. The van der Waals surface area contributed by atoms with Crippen molar-refractivity contribution in [2.75, 3.05) is 6.54 Å². The molecular formula is C19H19N3O4S. The molecule has 0 aliphatic rings. The van der Waals surface area contributed by atoms with Gasteiger partial charge in [0.15, 0.2) is 0 Å². The number of rotatable bonds is 7. The number of pyridine rings is 2. The number of fused-ring (bicyclic) bond motifs is 1. The summed E-state index contributed by atoms with van der Waals surface area (Å²) in [5, 5.41) is 9.88. The Morgan fingerprint density at radius 2 is 2.04 bits per heavy atom. The molecule has 0 aliphatic heterocycles. The zero-order chi connectivity index (χ0) is 19.4. The molecule has 8 heteroatoms. The summed E-state index contributed by atoms with van der Waals surface area (Å²) < 4.78 is 27.4. The summed E-state index contributed by atoms with van der Waals surface area (Å²) in [6, 6.07) is 9.26. The van der Waals surface area contributed by atoms with Gasteiger partial charge >= 0.3 is 5.97 Å². The second-order valence-electron chi connectivity index (χ2n) is 6.03. The van der Waals surface area contributed by atoms with E-state index >= 15 is 0 Å². The van der Waals surface area contributed by atoms with Gasteiger partial charge in [0.25, 0.3) is 0 Å². The molecule has 2 N–H and O–H groups in total. The molecule has 27 heavy (non-hydrogen) atoms. The molecule has 0 radical (unpaired) electrons. The van der Waals surface area contributed by atoms with Crippen LogP contribution in [0, 0.1) is 0 Å². The van der Waals surface area contributed by atoms with Gasteiger partial charge in [-0.1, -0.05) is 13.3 Å². The van der Waals surface area contributed by atoms with E-state index in [-0.39, 0.29) is 15.8 Å². The van der Waals surface area contributed by atoms with Crippen molar-refractivity contribution in [2.24, 2.45) is 0 Å². The van der Waals surface area contributed by atoms with Crippen LogP contribution in [-0.2, 0) is 10.0 Å². The van der Waals surface area contributed by atoms with Crippen LogP contribution in [0.1, 0.15) is 30.1 Å². The average Bonchev–Trinajstić information content (AvgIpc) is 2.67. The number of nitrogens with one attached hydrogen (secondary N) is 1. The Morgan fingerprint density at radius 3 is 2.70 bits per heavy atom. The molecule has 0 saturated carbocycles. The van der Waals surface area contributed by atoms with Gasteiger partial charge in [0.1, 0.15) is 0 Å². The van der Waals surface area contributed by atoms with E-state index in [0.717, 1.165) is 12.8 Å². The molecule has 0 spiro atoms. The van der Waals surface area contributed by atoms with Crippen LogP contribution in [-0.4, -0.2) is 36.0 Å². The molecule has 0 atom stereocenters. The van der Waals surface area contributed by atoms with E-state index in [9.17, 15) is 18.3 Å². The molecule has 2 aromatic heterocycles. The van der Waals surface area contributed by atoms with Gasteiger partial charge in [0, 0.05) is 29.9 Å². The number of nitrogens with zero attached hydrogens (tertiary/aromatic N) is 2. The standard InChI is InChI=1S/C19H19N3O4S/c1-2-3-9-21-27(25,26)14-6-7-17-15(10-14)16(19(23)24)11-18(22-17)13-5-4-8-20-12-13/h4-8,10-12,21H,2-3,9H2,1H3,(H,23,24). The molecule has 3 rings (SSSR count). The first-order chi connectivity index (χ1) is 12.9. The third-order valence-corrected chi connectivity index (χ3v) is 5.56. The average molecular weight is 385 g/mol. The normalized spacial score (nSPS) is 11.6. The lowest BCUT2D eigenvalue weighted by Gasteiger charge is -2.10. The third kappa shape index (κ3) is 4.12. The number of carboxylic acid groups (broad SMARTS) is 1. The fourth-order valence-corrected chi connectivity index (χ4v) is 3.78. The molecule has 0 fully saturated rings. The predicted molar refractivity (Wildman–Crippen MR) is 102 cm³/mol. The molecule has 0 aliphatic carbocycles. The summed E-state index contributed by atoms with van der Waals surface area (Å²) in [5.41, 5.74) is 1.54. The second-order valence-corrected chi connectivity index (χ2v) is 7.80. The van der Waals surface area contributed by atoms with Crippen LogP contribution >= 0.6 is 0 Å². The molecule has 2 heterocycles. The number of carboxylic acids is 1. The van der Waals surface area contributed by atoms with Crippen LogP contribution in [0.4, 0.5) is 0 Å². The molecular weight excluding hydrogens is 366 g/mol. The number of hydrogen-bond acceptors (Lipinski definition) is 5. The number of benzene rings is 1. The number of unbranched alkanes of at least 4 members (excludes halogenated alkanes) is 1. The minimum atomic E-state index is -3.71. The topological polar surface area (TPSA) is 109 Å². The molecule has 1 aromatic carbocycles. The highest BCUT2D eigenvalue weighted by molar-refractivity contribution is 7.89. The Kier molecular flexibility index (Phi) is 5.48. The quantitative estimate of drug-likeness (QED) is 0.605. The smallest absolute Gasteiger partial charge is 0.336 e. The minimum absolute atomic E-state index is 0.00976. The lowest BCUT2D eigenvalue weighted by molar-refractivity contribution is 0.0699. The van der Waals surface area contributed by atoms with E-state index in [1.165, 1.54) is 24.3 Å². The third-order valence-electron chi connectivity index (χ3n) is 4.10. The van der Waals surface area contributed by atoms with Crippen molar-refractivity contribution in [2.45, 2.75) is 24.7 Å². The van der Waals surface area contributed by atoms with Gasteiger partial charge in [-0.05, 0) is 42.8 Å². The zero-order valence-corrected chi connectivity index (χ0v) is 15.5. The van der Waals surface area contributed by atoms with Crippen molar-refractivity contribution in [1.82, 2.24) is 14.7 Å². The SMILES string of the molecule is CCCCNS(=O)(=O)c1ccc2nc(-c3cccnc3)cc(C(=O)O)c2c1. The molecule has 140 valence electrons. The zero-order valence-electron chi connectivity index (χ0n) is 14.7. The number of aromatic carboxylic acids is 1. The van der Waals surface area contributed by atoms with Gasteiger partial charge in [0.05, 0.1) is 21.7 Å². The highest BCUT2D eigenvalue weighted by atomic mass is 32.2. The minimum Gasteiger partial charge on any atom is -0.478 e. The first kappa shape index (κ1) is 18.9. The van der Waals surface area contributed by atoms with Crippen molar-refractivity contribution in [3.05, 3.63) is 54.4 Å². The maximum absolute atomic E-state index is 12.4. The molecule has 3 aromatic rings. The van der Waals surface area contributed by atoms with Crippen molar-refractivity contribution in [3.8, 4) is 11.3 Å². The Balaban J connectivity index is 2.11. The maximum atomic E-state index is 12.4. The maximum Gasteiger partial charge on any atom is 0.336 e. The van der Waals surface area contributed by atoms with Gasteiger partial charge in [-0.2, -0.15) is 0 Å². The molecule has 0 saturated heterocycles. The fraction of sp³-hybridized carbons (Fsp3) is 0.211. The van der Waals surface area contributed by atoms with Gasteiger partial charge < -0.3 is 5.11 Å². The summed E-state index contributed by atoms with van der Waals surface area (Å²) in [4.78, 5) is 20.3. The fourth-order valence-electron chi connectivity index (χ4n) is 2.68. The van der Waals surface area contributed by atoms with E-state index in [0.29, 0.717) is 23.3 Å². The summed E-state index contributed by atoms with van der Waals surface area (Å²) >= 11 is 0. The number of hydrogen-bond donors (Lipinski definition) is 2. The summed E-state index contributed by atoms with van der Waals surface area (Å²) in [6.45, 7) is 2.30. The molecule has 0 unspecified atom stereocenters. The highest BCUT2D eigenvalue weighted by Crippen LogP contribution is 2.26. The number of sulfonamides is 1. The Morgan fingerprint density at radius 1 is 1.22 bits per heavy atom. The molecule has 0 amide bonds. The monoisotopic (exact) mass is 385 g/mol. The van der Waals surface area contributed by atoms with Crippen molar-refractivity contribution in [3.63, 3.8) is 0 Å². The van der Waals surface area contributed by atoms with Crippen LogP contribution in [0.3, 0.4) is 0 Å². The first-order valence-electron chi connectivity index (χ1n) is 8.50. The van der Waals surface area contributed by atoms with Crippen LogP contribution < -0.4 is 4.72 Å². The van der Waals surface area contributed by atoms with E-state index in [1.54, 1.807) is 24.5 Å². The Labute approximate surface area is 157 Å². The Hall–Kier alpha value is -2.84. The summed E-state index contributed by atoms with van der Waals surface area (Å²) in [5.74, 6) is -1.15. The van der Waals surface area contributed by atoms with Gasteiger partial charge in [-0.15, -0.1) is 0 Å². The van der Waals surface area contributed by atoms with Crippen LogP contribution in [0.2, 0.25) is 0 Å². The largest absolute Gasteiger partial charge is 0.478 e. The van der Waals surface area contributed by atoms with E-state index < -0.39 is 16.0 Å². The van der Waals surface area contributed by atoms with Crippen molar-refractivity contribution in [1.29, 1.82) is 0 Å². The van der Waals surface area contributed by atoms with Crippen LogP contribution in [0.15, 0.2) is 53.7 Å². The van der Waals surface area contributed by atoms with Crippen LogP contribution in [0.25, 0.3) is 22.2 Å². The molecule has 7 nitrogen and oxygen atoms in total. The first-order valence-corrected chi connectivity index (χ1v) is 9.99. The number of aromatic nitrogens is 2. The van der Waals surface area contributed by atoms with Gasteiger partial charge in [0.2, 0.25) is 10.0 Å². The number of carbonyl (C=O) groups is 1. The van der Waals surface area contributed by atoms with E-state index in [1.807, 2.05) is 6.92 Å². The van der Waals surface area contributed by atoms with Crippen molar-refractivity contribution < 1.29 is 18.3 Å². The summed E-state index contributed by atoms with van der Waals surface area (Å²) in [7, 11) is -3.71. The van der Waals surface area contributed by atoms with Crippen LogP contribution in [0.5, 0.6) is 0 Å². The van der Waals surface area contributed by atoms with E-state index in [2.05, 4.69) is 14.7 Å². The second kappa shape index (κ2) is 7.81. The van der Waals surface area contributed by atoms with E-state index in [4.69, 9.17) is 0 Å². The highest BCUT2D eigenvalue weighted by Gasteiger charge is 2.18. The summed E-state index contributed by atoms with van der Waals surface area (Å²) in [6.07, 6.45) is 4.80. The lowest BCUT2D eigenvalue weighted by Crippen LogP contribution is -2.24.